The molecule has 0 spiro atoms. The van der Waals surface area contributed by atoms with Crippen LogP contribution in [0.2, 0.25) is 0 Å². The van der Waals surface area contributed by atoms with E-state index in [9.17, 15) is 14.0 Å². The van der Waals surface area contributed by atoms with Crippen molar-refractivity contribution in [3.05, 3.63) is 64.7 Å². The summed E-state index contributed by atoms with van der Waals surface area (Å²) in [5, 5.41) is 3.45. The third-order valence-corrected chi connectivity index (χ3v) is 6.04. The largest absolute Gasteiger partial charge is 0.451 e. The molecule has 1 atom stereocenters. The lowest BCUT2D eigenvalue weighted by Crippen LogP contribution is -2.42. The molecule has 1 N–H and O–H groups in total. The fourth-order valence-corrected chi connectivity index (χ4v) is 4.04. The van der Waals surface area contributed by atoms with Gasteiger partial charge in [0.25, 0.3) is 5.91 Å². The average Bonchev–Trinajstić information content (AvgIpc) is 3.38. The molecule has 2 amide bonds. The molecule has 0 bridgehead atoms. The number of aryl methyl sites for hydroxylation is 2. The standard InChI is InChI=1S/C25H27FN2O4/c1-15-6-4-8-21(16(15)2)27-23(29)14-28(13-19-7-5-11-31-19)25(30)24-17(3)20-12-18(26)9-10-22(20)32-24/h4,6,8-10,12,19H,5,7,11,13-14H2,1-3H3,(H,27,29)/t19-/m1/s1. The lowest BCUT2D eigenvalue weighted by molar-refractivity contribution is -0.117. The first-order chi connectivity index (χ1) is 15.3. The molecule has 1 fully saturated rings. The highest BCUT2D eigenvalue weighted by molar-refractivity contribution is 6.02. The first-order valence-electron chi connectivity index (χ1n) is 10.8. The minimum absolute atomic E-state index is 0.114. The second-order valence-electron chi connectivity index (χ2n) is 8.31. The van der Waals surface area contributed by atoms with Crippen LogP contribution < -0.4 is 5.32 Å². The number of furan rings is 1. The SMILES string of the molecule is Cc1cccc(NC(=O)CN(C[C@H]2CCCO2)C(=O)c2oc3ccc(F)cc3c2C)c1C. The van der Waals surface area contributed by atoms with Gasteiger partial charge in [-0.2, -0.15) is 0 Å². The minimum atomic E-state index is -0.411. The van der Waals surface area contributed by atoms with Crippen LogP contribution >= 0.6 is 0 Å². The number of ether oxygens (including phenoxy) is 1. The van der Waals surface area contributed by atoms with Gasteiger partial charge in [-0.1, -0.05) is 12.1 Å². The number of hydrogen-bond donors (Lipinski definition) is 1. The van der Waals surface area contributed by atoms with Gasteiger partial charge in [0.1, 0.15) is 17.9 Å². The zero-order valence-corrected chi connectivity index (χ0v) is 18.5. The number of benzene rings is 2. The lowest BCUT2D eigenvalue weighted by Gasteiger charge is -2.24. The highest BCUT2D eigenvalue weighted by Crippen LogP contribution is 2.27. The Kier molecular flexibility index (Phi) is 6.28. The van der Waals surface area contributed by atoms with Crippen LogP contribution in [0, 0.1) is 26.6 Å². The Morgan fingerprint density at radius 3 is 2.72 bits per heavy atom. The molecule has 168 valence electrons. The quantitative estimate of drug-likeness (QED) is 0.603. The van der Waals surface area contributed by atoms with E-state index in [4.69, 9.17) is 9.15 Å². The Labute approximate surface area is 186 Å². The Morgan fingerprint density at radius 2 is 1.97 bits per heavy atom. The summed E-state index contributed by atoms with van der Waals surface area (Å²) in [5.74, 6) is -0.997. The van der Waals surface area contributed by atoms with Gasteiger partial charge in [-0.25, -0.2) is 4.39 Å². The van der Waals surface area contributed by atoms with E-state index >= 15 is 0 Å². The molecule has 0 radical (unpaired) electrons. The molecule has 1 aliphatic rings. The first-order valence-corrected chi connectivity index (χ1v) is 10.8. The van der Waals surface area contributed by atoms with Crippen molar-refractivity contribution in [2.75, 3.05) is 25.0 Å². The maximum atomic E-state index is 13.7. The molecule has 3 aromatic rings. The number of nitrogens with zero attached hydrogens (tertiary/aromatic N) is 1. The van der Waals surface area contributed by atoms with Gasteiger partial charge >= 0.3 is 0 Å². The first kappa shape index (κ1) is 22.0. The summed E-state index contributed by atoms with van der Waals surface area (Å²) < 4.78 is 25.2. The zero-order chi connectivity index (χ0) is 22.8. The number of fused-ring (bicyclic) bond motifs is 1. The summed E-state index contributed by atoms with van der Waals surface area (Å²) in [7, 11) is 0. The van der Waals surface area contributed by atoms with E-state index in [1.54, 1.807) is 6.92 Å². The highest BCUT2D eigenvalue weighted by atomic mass is 19.1. The fraction of sp³-hybridized carbons (Fsp3) is 0.360. The Morgan fingerprint density at radius 1 is 1.16 bits per heavy atom. The van der Waals surface area contributed by atoms with Crippen molar-refractivity contribution < 1.29 is 23.1 Å². The molecule has 1 aliphatic heterocycles. The molecule has 0 aliphatic carbocycles. The van der Waals surface area contributed by atoms with Crippen molar-refractivity contribution in [3.8, 4) is 0 Å². The Balaban J connectivity index is 1.58. The Hall–Kier alpha value is -3.19. The van der Waals surface area contributed by atoms with Crippen LogP contribution in [0.4, 0.5) is 10.1 Å². The lowest BCUT2D eigenvalue weighted by atomic mass is 10.1. The molecule has 6 nitrogen and oxygen atoms in total. The molecule has 1 saturated heterocycles. The highest BCUT2D eigenvalue weighted by Gasteiger charge is 2.29. The van der Waals surface area contributed by atoms with Gasteiger partial charge in [-0.3, -0.25) is 9.59 Å². The number of anilines is 1. The van der Waals surface area contributed by atoms with Crippen molar-refractivity contribution in [2.45, 2.75) is 39.7 Å². The van der Waals surface area contributed by atoms with Crippen molar-refractivity contribution in [2.24, 2.45) is 0 Å². The van der Waals surface area contributed by atoms with Gasteiger partial charge < -0.3 is 19.4 Å². The predicted octanol–water partition coefficient (Wildman–Crippen LogP) is 4.76. The van der Waals surface area contributed by atoms with E-state index in [1.807, 2.05) is 32.0 Å². The molecular weight excluding hydrogens is 411 g/mol. The van der Waals surface area contributed by atoms with Gasteiger partial charge in [-0.15, -0.1) is 0 Å². The van der Waals surface area contributed by atoms with Crippen LogP contribution in [0.5, 0.6) is 0 Å². The summed E-state index contributed by atoms with van der Waals surface area (Å²) in [5.41, 5.74) is 3.75. The van der Waals surface area contributed by atoms with Crippen LogP contribution in [-0.4, -0.2) is 42.5 Å². The molecule has 1 aromatic heterocycles. The summed E-state index contributed by atoms with van der Waals surface area (Å²) >= 11 is 0. The normalized spacial score (nSPS) is 15.8. The van der Waals surface area contributed by atoms with Crippen LogP contribution in [-0.2, 0) is 9.53 Å². The van der Waals surface area contributed by atoms with Crippen LogP contribution in [0.1, 0.15) is 40.1 Å². The second-order valence-corrected chi connectivity index (χ2v) is 8.31. The topological polar surface area (TPSA) is 71.8 Å². The minimum Gasteiger partial charge on any atom is -0.451 e. The summed E-state index contributed by atoms with van der Waals surface area (Å²) in [6.45, 7) is 6.42. The third kappa shape index (κ3) is 4.53. The summed E-state index contributed by atoms with van der Waals surface area (Å²) in [6.07, 6.45) is 1.62. The van der Waals surface area contributed by atoms with E-state index in [2.05, 4.69) is 5.32 Å². The molecule has 4 rings (SSSR count). The van der Waals surface area contributed by atoms with Crippen molar-refractivity contribution >= 4 is 28.5 Å². The number of carbonyl (C=O) groups excluding carboxylic acids is 2. The number of carbonyl (C=O) groups is 2. The summed E-state index contributed by atoms with van der Waals surface area (Å²) in [4.78, 5) is 27.7. The van der Waals surface area contributed by atoms with E-state index in [1.165, 1.54) is 23.1 Å². The van der Waals surface area contributed by atoms with E-state index in [-0.39, 0.29) is 30.9 Å². The van der Waals surface area contributed by atoms with E-state index in [0.717, 1.165) is 29.7 Å². The van der Waals surface area contributed by atoms with Gasteiger partial charge in [0.2, 0.25) is 5.91 Å². The average molecular weight is 438 g/mol. The van der Waals surface area contributed by atoms with Crippen LogP contribution in [0.15, 0.2) is 40.8 Å². The maximum Gasteiger partial charge on any atom is 0.290 e. The number of nitrogens with one attached hydrogen (secondary N) is 1. The van der Waals surface area contributed by atoms with Gasteiger partial charge in [-0.05, 0) is 69.0 Å². The molecule has 32 heavy (non-hydrogen) atoms. The molecule has 0 unspecified atom stereocenters. The van der Waals surface area contributed by atoms with Crippen molar-refractivity contribution in [1.29, 1.82) is 0 Å². The summed E-state index contributed by atoms with van der Waals surface area (Å²) in [6, 6.07) is 9.84. The molecular formula is C25H27FN2O4. The second kappa shape index (κ2) is 9.12. The van der Waals surface area contributed by atoms with E-state index < -0.39 is 11.7 Å². The fourth-order valence-electron chi connectivity index (χ4n) is 4.04. The van der Waals surface area contributed by atoms with Gasteiger partial charge in [0.15, 0.2) is 5.76 Å². The number of hydrogen-bond acceptors (Lipinski definition) is 4. The zero-order valence-electron chi connectivity index (χ0n) is 18.5. The number of rotatable bonds is 6. The smallest absolute Gasteiger partial charge is 0.290 e. The third-order valence-electron chi connectivity index (χ3n) is 6.04. The molecule has 2 aromatic carbocycles. The van der Waals surface area contributed by atoms with Crippen LogP contribution in [0.25, 0.3) is 11.0 Å². The van der Waals surface area contributed by atoms with Crippen LogP contribution in [0.3, 0.4) is 0 Å². The van der Waals surface area contributed by atoms with Gasteiger partial charge in [0, 0.05) is 29.8 Å². The molecule has 0 saturated carbocycles. The number of halogens is 1. The molecule has 7 heteroatoms. The predicted molar refractivity (Wildman–Crippen MR) is 120 cm³/mol. The van der Waals surface area contributed by atoms with Crippen molar-refractivity contribution in [3.63, 3.8) is 0 Å². The molecule has 2 heterocycles. The number of amides is 2. The maximum absolute atomic E-state index is 13.7. The monoisotopic (exact) mass is 438 g/mol. The van der Waals surface area contributed by atoms with E-state index in [0.29, 0.717) is 23.1 Å². The Bertz CT molecular complexity index is 1160. The van der Waals surface area contributed by atoms with Crippen molar-refractivity contribution in [1.82, 2.24) is 4.90 Å². The van der Waals surface area contributed by atoms with Gasteiger partial charge in [0.05, 0.1) is 6.10 Å².